The Hall–Kier alpha value is -2.58. The van der Waals surface area contributed by atoms with Crippen LogP contribution in [0.4, 0.5) is 0 Å². The van der Waals surface area contributed by atoms with Crippen LogP contribution in [0.15, 0.2) is 55.6 Å². The Bertz CT molecular complexity index is 1100. The van der Waals surface area contributed by atoms with Gasteiger partial charge in [-0.05, 0) is 52.5 Å². The third-order valence-electron chi connectivity index (χ3n) is 8.35. The van der Waals surface area contributed by atoms with Gasteiger partial charge in [-0.3, -0.25) is 14.4 Å². The van der Waals surface area contributed by atoms with Crippen LogP contribution in [0.5, 0.6) is 0 Å². The van der Waals surface area contributed by atoms with Gasteiger partial charge in [-0.2, -0.15) is 0 Å². The zero-order valence-electron chi connectivity index (χ0n) is 22.9. The number of carbonyl (C=O) groups is 3. The van der Waals surface area contributed by atoms with Gasteiger partial charge >= 0.3 is 5.97 Å². The number of carbonyl (C=O) groups excluding carboxylic acids is 3. The molecule has 8 heteroatoms. The molecule has 1 aromatic carbocycles. The lowest BCUT2D eigenvalue weighted by molar-refractivity contribution is -0.155. The van der Waals surface area contributed by atoms with Crippen molar-refractivity contribution in [2.75, 3.05) is 19.8 Å². The Morgan fingerprint density at radius 2 is 1.92 bits per heavy atom. The Morgan fingerprint density at radius 1 is 1.24 bits per heavy atom. The quantitative estimate of drug-likeness (QED) is 0.360. The van der Waals surface area contributed by atoms with Gasteiger partial charge in [0.1, 0.15) is 12.6 Å². The van der Waals surface area contributed by atoms with E-state index in [0.29, 0.717) is 25.8 Å². The first-order valence-electron chi connectivity index (χ1n) is 13.3. The second-order valence-electron chi connectivity index (χ2n) is 11.8. The molecule has 3 aliphatic rings. The van der Waals surface area contributed by atoms with E-state index in [1.165, 1.54) is 6.08 Å². The van der Waals surface area contributed by atoms with Gasteiger partial charge in [0.2, 0.25) is 11.8 Å². The summed E-state index contributed by atoms with van der Waals surface area (Å²) in [5.41, 5.74) is 0.445. The summed E-state index contributed by atoms with van der Waals surface area (Å²) in [4.78, 5) is 45.7. The van der Waals surface area contributed by atoms with Crippen molar-refractivity contribution in [1.29, 1.82) is 0 Å². The highest BCUT2D eigenvalue weighted by molar-refractivity contribution is 8.02. The van der Waals surface area contributed by atoms with E-state index in [9.17, 15) is 19.5 Å². The molecule has 4 rings (SSSR count). The first kappa shape index (κ1) is 28.4. The van der Waals surface area contributed by atoms with E-state index in [4.69, 9.17) is 4.74 Å². The minimum absolute atomic E-state index is 0.0699. The molecule has 38 heavy (non-hydrogen) atoms. The number of rotatable bonds is 10. The molecule has 2 amide bonds. The average Bonchev–Trinajstić information content (AvgIpc) is 3.44. The lowest BCUT2D eigenvalue weighted by atomic mass is 9.66. The second kappa shape index (κ2) is 10.5. The van der Waals surface area contributed by atoms with Crippen molar-refractivity contribution in [3.63, 3.8) is 0 Å². The number of likely N-dealkylation sites (tertiary alicyclic amines) is 1. The number of amides is 2. The van der Waals surface area contributed by atoms with Crippen LogP contribution in [0.1, 0.15) is 46.1 Å². The minimum atomic E-state index is -0.816. The highest BCUT2D eigenvalue weighted by Gasteiger charge is 2.78. The smallest absolute Gasteiger partial charge is 0.311 e. The monoisotopic (exact) mass is 540 g/mol. The van der Waals surface area contributed by atoms with Crippen molar-refractivity contribution in [2.45, 2.75) is 74.1 Å². The van der Waals surface area contributed by atoms with Gasteiger partial charge in [0.25, 0.3) is 0 Å². The maximum Gasteiger partial charge on any atom is 0.311 e. The molecule has 3 heterocycles. The topological polar surface area (TPSA) is 87.1 Å². The third kappa shape index (κ3) is 4.60. The summed E-state index contributed by atoms with van der Waals surface area (Å²) in [6, 6.07) is 8.23. The van der Waals surface area contributed by atoms with Crippen LogP contribution in [0, 0.1) is 11.8 Å². The van der Waals surface area contributed by atoms with E-state index >= 15 is 0 Å². The molecule has 206 valence electrons. The van der Waals surface area contributed by atoms with E-state index in [-0.39, 0.29) is 25.0 Å². The lowest BCUT2D eigenvalue weighted by Crippen LogP contribution is -2.60. The van der Waals surface area contributed by atoms with Gasteiger partial charge in [-0.1, -0.05) is 49.1 Å². The molecule has 7 nitrogen and oxygen atoms in total. The van der Waals surface area contributed by atoms with Crippen molar-refractivity contribution in [1.82, 2.24) is 9.80 Å². The number of hydrogen-bond acceptors (Lipinski definition) is 6. The maximum absolute atomic E-state index is 14.5. The van der Waals surface area contributed by atoms with Gasteiger partial charge < -0.3 is 19.6 Å². The van der Waals surface area contributed by atoms with Gasteiger partial charge in [-0.25, -0.2) is 0 Å². The highest BCUT2D eigenvalue weighted by atomic mass is 32.2. The molecule has 0 saturated carbocycles. The summed E-state index contributed by atoms with van der Waals surface area (Å²) in [6.45, 7) is 15.5. The summed E-state index contributed by atoms with van der Waals surface area (Å²) in [7, 11) is 0. The van der Waals surface area contributed by atoms with Gasteiger partial charge in [0.15, 0.2) is 0 Å². The molecule has 0 aliphatic carbocycles. The predicted molar refractivity (Wildman–Crippen MR) is 149 cm³/mol. The molecule has 3 aliphatic heterocycles. The number of esters is 1. The van der Waals surface area contributed by atoms with Crippen LogP contribution in [-0.4, -0.2) is 79.6 Å². The molecule has 2 unspecified atom stereocenters. The number of nitrogens with zero attached hydrogens (tertiary/aromatic N) is 2. The molecule has 1 spiro atoms. The van der Waals surface area contributed by atoms with Gasteiger partial charge in [0.05, 0.1) is 29.2 Å². The molecule has 0 radical (unpaired) electrons. The average molecular weight is 541 g/mol. The molecule has 1 aromatic rings. The number of hydrogen-bond donors (Lipinski definition) is 1. The van der Waals surface area contributed by atoms with Crippen LogP contribution in [-0.2, 0) is 25.5 Å². The normalized spacial score (nSPS) is 30.6. The summed E-state index contributed by atoms with van der Waals surface area (Å²) >= 11 is 1.60. The Balaban J connectivity index is 1.83. The van der Waals surface area contributed by atoms with E-state index in [0.717, 1.165) is 5.56 Å². The Labute approximate surface area is 230 Å². The SMILES string of the molecule is C=CCOC(=O)[C@@H]1[C@H]2C(=O)N([C@@H](CO)Cc3ccccc3)C(C(=O)N(CC=C)C(C)(C)C)C23CC[C@@]1(C)S3. The lowest BCUT2D eigenvalue weighted by Gasteiger charge is -2.43. The summed E-state index contributed by atoms with van der Waals surface area (Å²) in [6.07, 6.45) is 4.96. The molecular weight excluding hydrogens is 500 g/mol. The third-order valence-corrected chi connectivity index (χ3v) is 10.3. The fraction of sp³-hybridized carbons (Fsp3) is 0.567. The highest BCUT2D eigenvalue weighted by Crippen LogP contribution is 2.72. The maximum atomic E-state index is 14.5. The number of fused-ring (bicyclic) bond motifs is 1. The fourth-order valence-corrected chi connectivity index (χ4v) is 9.06. The van der Waals surface area contributed by atoms with Crippen LogP contribution in [0.3, 0.4) is 0 Å². The Morgan fingerprint density at radius 3 is 2.50 bits per heavy atom. The van der Waals surface area contributed by atoms with Crippen LogP contribution < -0.4 is 0 Å². The molecule has 3 fully saturated rings. The Kier molecular flexibility index (Phi) is 7.88. The largest absolute Gasteiger partial charge is 0.461 e. The summed E-state index contributed by atoms with van der Waals surface area (Å²) in [5, 5.41) is 10.6. The molecule has 2 bridgehead atoms. The summed E-state index contributed by atoms with van der Waals surface area (Å²) in [5.74, 6) is -2.21. The standard InChI is InChI=1S/C30H40N2O5S/c1-7-16-31(28(3,4)5)26(35)24-30-15-14-29(6,38-30)23(27(36)37-17-8-2)22(30)25(34)32(24)21(19-33)18-20-12-10-9-11-13-20/h7-13,21-24,33H,1-2,14-19H2,3-6H3/t21-,22+,23+,24?,29-,30?/m1/s1. The zero-order chi connectivity index (χ0) is 27.9. The molecule has 0 aromatic heterocycles. The number of aliphatic hydroxyl groups is 1. The molecular formula is C30H40N2O5S. The van der Waals surface area contributed by atoms with Crippen LogP contribution in [0.25, 0.3) is 0 Å². The first-order valence-corrected chi connectivity index (χ1v) is 14.1. The van der Waals surface area contributed by atoms with Crippen molar-refractivity contribution in [3.8, 4) is 0 Å². The molecule has 6 atom stereocenters. The predicted octanol–water partition coefficient (Wildman–Crippen LogP) is 3.61. The minimum Gasteiger partial charge on any atom is -0.461 e. The molecule has 3 saturated heterocycles. The van der Waals surface area contributed by atoms with Gasteiger partial charge in [-0.15, -0.1) is 18.3 Å². The van der Waals surface area contributed by atoms with E-state index in [1.54, 1.807) is 27.6 Å². The summed E-state index contributed by atoms with van der Waals surface area (Å²) < 4.78 is 4.21. The van der Waals surface area contributed by atoms with Gasteiger partial charge in [0, 0.05) is 16.8 Å². The number of benzene rings is 1. The van der Waals surface area contributed by atoms with E-state index in [2.05, 4.69) is 13.2 Å². The van der Waals surface area contributed by atoms with Crippen LogP contribution in [0.2, 0.25) is 0 Å². The number of thioether (sulfide) groups is 1. The van der Waals surface area contributed by atoms with Crippen molar-refractivity contribution < 1.29 is 24.2 Å². The first-order chi connectivity index (χ1) is 17.9. The van der Waals surface area contributed by atoms with Crippen molar-refractivity contribution >= 4 is 29.5 Å². The second-order valence-corrected chi connectivity index (χ2v) is 13.7. The van der Waals surface area contributed by atoms with E-state index < -0.39 is 44.9 Å². The number of aliphatic hydroxyl groups excluding tert-OH is 1. The molecule has 1 N–H and O–H groups in total. The van der Waals surface area contributed by atoms with E-state index in [1.807, 2.05) is 58.0 Å². The fourth-order valence-electron chi connectivity index (χ4n) is 6.73. The number of ether oxygens (including phenoxy) is 1. The van der Waals surface area contributed by atoms with Crippen molar-refractivity contribution in [2.24, 2.45) is 11.8 Å². The zero-order valence-corrected chi connectivity index (χ0v) is 23.7. The van der Waals surface area contributed by atoms with Crippen LogP contribution >= 0.6 is 11.8 Å². The van der Waals surface area contributed by atoms with Crippen molar-refractivity contribution in [3.05, 3.63) is 61.2 Å².